The summed E-state index contributed by atoms with van der Waals surface area (Å²) in [6.45, 7) is 1.47. The third-order valence-electron chi connectivity index (χ3n) is 5.38. The van der Waals surface area contributed by atoms with Crippen LogP contribution in [0.4, 0.5) is 14.9 Å². The van der Waals surface area contributed by atoms with E-state index in [-0.39, 0.29) is 47.7 Å². The number of carbonyl (C=O) groups excluding carboxylic acids is 2. The van der Waals surface area contributed by atoms with E-state index < -0.39 is 0 Å². The summed E-state index contributed by atoms with van der Waals surface area (Å²) < 4.78 is 13.2. The highest BCUT2D eigenvalue weighted by Gasteiger charge is 2.38. The number of fused-ring (bicyclic) bond motifs is 2. The summed E-state index contributed by atoms with van der Waals surface area (Å²) >= 11 is 0. The summed E-state index contributed by atoms with van der Waals surface area (Å²) in [4.78, 5) is 32.9. The van der Waals surface area contributed by atoms with Gasteiger partial charge in [-0.05, 0) is 29.8 Å². The number of halogens is 1. The van der Waals surface area contributed by atoms with Gasteiger partial charge in [0.2, 0.25) is 0 Å². The van der Waals surface area contributed by atoms with Crippen molar-refractivity contribution in [2.45, 2.75) is 13.1 Å². The number of phenols is 1. The van der Waals surface area contributed by atoms with Crippen LogP contribution in [0.1, 0.15) is 21.5 Å². The third-order valence-corrected chi connectivity index (χ3v) is 5.38. The average molecular weight is 392 g/mol. The first-order valence-electron chi connectivity index (χ1n) is 9.26. The van der Waals surface area contributed by atoms with Gasteiger partial charge in [0.05, 0.1) is 11.3 Å². The molecule has 2 aromatic carbocycles. The molecule has 0 spiro atoms. The quantitative estimate of drug-likeness (QED) is 0.718. The lowest BCUT2D eigenvalue weighted by atomic mass is 10.0. The van der Waals surface area contributed by atoms with Gasteiger partial charge in [-0.3, -0.25) is 14.7 Å². The number of nitrogens with one attached hydrogen (secondary N) is 1. The van der Waals surface area contributed by atoms with Crippen molar-refractivity contribution in [2.75, 3.05) is 18.0 Å². The first kappa shape index (κ1) is 17.4. The molecule has 1 aromatic heterocycles. The maximum absolute atomic E-state index is 13.2. The molecule has 3 aromatic rings. The van der Waals surface area contributed by atoms with E-state index in [1.54, 1.807) is 34.1 Å². The number of nitrogens with zero attached hydrogens (tertiary/aromatic N) is 3. The molecule has 29 heavy (non-hydrogen) atoms. The topological polar surface area (TPSA) is 85.8 Å². The van der Waals surface area contributed by atoms with Gasteiger partial charge >= 0.3 is 6.03 Å². The molecule has 0 bridgehead atoms. The van der Waals surface area contributed by atoms with Gasteiger partial charge < -0.3 is 15.3 Å². The van der Waals surface area contributed by atoms with Crippen molar-refractivity contribution in [2.24, 2.45) is 0 Å². The first-order valence-corrected chi connectivity index (χ1v) is 9.26. The van der Waals surface area contributed by atoms with Crippen molar-refractivity contribution in [1.82, 2.24) is 15.2 Å². The Labute approximate surface area is 165 Å². The fourth-order valence-corrected chi connectivity index (χ4v) is 4.06. The molecule has 2 aliphatic heterocycles. The molecule has 1 saturated heterocycles. The van der Waals surface area contributed by atoms with Crippen LogP contribution in [0, 0.1) is 5.82 Å². The lowest BCUT2D eigenvalue weighted by Crippen LogP contribution is -2.29. The van der Waals surface area contributed by atoms with Crippen LogP contribution in [0.5, 0.6) is 5.75 Å². The van der Waals surface area contributed by atoms with Gasteiger partial charge in [-0.2, -0.15) is 0 Å². The van der Waals surface area contributed by atoms with Gasteiger partial charge in [-0.1, -0.05) is 12.1 Å². The number of aromatic nitrogens is 1. The van der Waals surface area contributed by atoms with Crippen LogP contribution in [-0.2, 0) is 13.1 Å². The van der Waals surface area contributed by atoms with E-state index in [9.17, 15) is 19.1 Å². The zero-order chi connectivity index (χ0) is 20.1. The molecule has 1 fully saturated rings. The molecule has 0 unspecified atom stereocenters. The van der Waals surface area contributed by atoms with Crippen molar-refractivity contribution in [3.63, 3.8) is 0 Å². The molecule has 3 amide bonds. The number of hydrogen-bond donors (Lipinski definition) is 2. The second kappa shape index (κ2) is 6.44. The minimum absolute atomic E-state index is 0.174. The zero-order valence-electron chi connectivity index (χ0n) is 15.4. The Morgan fingerprint density at radius 2 is 1.97 bits per heavy atom. The van der Waals surface area contributed by atoms with Crippen molar-refractivity contribution in [3.05, 3.63) is 65.1 Å². The predicted molar refractivity (Wildman–Crippen MR) is 104 cm³/mol. The van der Waals surface area contributed by atoms with Gasteiger partial charge in [0.15, 0.2) is 5.75 Å². The van der Waals surface area contributed by atoms with Crippen molar-refractivity contribution < 1.29 is 19.1 Å². The third kappa shape index (κ3) is 2.67. The number of benzene rings is 2. The monoisotopic (exact) mass is 392 g/mol. The minimum Gasteiger partial charge on any atom is -0.505 e. The van der Waals surface area contributed by atoms with Crippen molar-refractivity contribution in [3.8, 4) is 5.75 Å². The number of amides is 3. The highest BCUT2D eigenvalue weighted by Crippen LogP contribution is 2.44. The minimum atomic E-state index is -0.345. The molecule has 2 aliphatic rings. The van der Waals surface area contributed by atoms with Crippen LogP contribution >= 0.6 is 0 Å². The van der Waals surface area contributed by atoms with Crippen molar-refractivity contribution >= 4 is 28.5 Å². The molecule has 7 nitrogen and oxygen atoms in total. The van der Waals surface area contributed by atoms with E-state index in [4.69, 9.17) is 0 Å². The number of anilines is 1. The molecule has 8 heteroatoms. The number of rotatable bonds is 3. The predicted octanol–water partition coefficient (Wildman–Crippen LogP) is 2.77. The van der Waals surface area contributed by atoms with E-state index in [2.05, 4.69) is 10.3 Å². The lowest BCUT2D eigenvalue weighted by Gasteiger charge is -2.21. The normalized spacial score (nSPS) is 15.9. The molecular formula is C21H17FN4O3. The van der Waals surface area contributed by atoms with Crippen LogP contribution in [0.3, 0.4) is 0 Å². The molecule has 0 atom stereocenters. The number of phenolic OH excluding ortho intramolecular Hbond substituents is 1. The van der Waals surface area contributed by atoms with E-state index >= 15 is 0 Å². The SMILES string of the molecule is O=C1c2c(c(N3CCNC3=O)c3cccnc3c2O)CN1Cc1ccc(F)cc1. The van der Waals surface area contributed by atoms with Gasteiger partial charge in [0.25, 0.3) is 5.91 Å². The van der Waals surface area contributed by atoms with Crippen LogP contribution in [0.2, 0.25) is 0 Å². The summed E-state index contributed by atoms with van der Waals surface area (Å²) in [5.74, 6) is -0.858. The van der Waals surface area contributed by atoms with Gasteiger partial charge in [-0.25, -0.2) is 9.18 Å². The van der Waals surface area contributed by atoms with Crippen LogP contribution in [-0.4, -0.2) is 40.0 Å². The highest BCUT2D eigenvalue weighted by atomic mass is 19.1. The molecule has 3 heterocycles. The van der Waals surface area contributed by atoms with E-state index in [0.29, 0.717) is 29.7 Å². The Kier molecular flexibility index (Phi) is 3.87. The fourth-order valence-electron chi connectivity index (χ4n) is 4.06. The summed E-state index contributed by atoms with van der Waals surface area (Å²) in [7, 11) is 0. The number of hydrogen-bond acceptors (Lipinski definition) is 4. The fraction of sp³-hybridized carbons (Fsp3) is 0.190. The number of pyridine rings is 1. The maximum Gasteiger partial charge on any atom is 0.322 e. The van der Waals surface area contributed by atoms with Crippen molar-refractivity contribution in [1.29, 1.82) is 0 Å². The van der Waals surface area contributed by atoms with E-state index in [1.165, 1.54) is 18.3 Å². The number of urea groups is 1. The van der Waals surface area contributed by atoms with Gasteiger partial charge in [0, 0.05) is 43.3 Å². The second-order valence-electron chi connectivity index (χ2n) is 7.12. The molecule has 2 N–H and O–H groups in total. The van der Waals surface area contributed by atoms with Gasteiger partial charge in [0.1, 0.15) is 11.3 Å². The number of aromatic hydroxyl groups is 1. The number of carbonyl (C=O) groups is 2. The highest BCUT2D eigenvalue weighted by molar-refractivity contribution is 6.14. The first-order chi connectivity index (χ1) is 14.0. The lowest BCUT2D eigenvalue weighted by molar-refractivity contribution is 0.0764. The summed E-state index contributed by atoms with van der Waals surface area (Å²) in [5, 5.41) is 14.2. The maximum atomic E-state index is 13.2. The molecule has 0 radical (unpaired) electrons. The van der Waals surface area contributed by atoms with E-state index in [1.807, 2.05) is 0 Å². The standard InChI is InChI=1S/C21H17FN4O3/c22-13-5-3-12(4-6-13)10-25-11-15-16(20(25)28)19(27)17-14(2-1-7-23-17)18(15)26-9-8-24-21(26)29/h1-7,27H,8-11H2,(H,24,29). The summed E-state index contributed by atoms with van der Waals surface area (Å²) in [6, 6.07) is 9.22. The Hall–Kier alpha value is -3.68. The van der Waals surface area contributed by atoms with Crippen LogP contribution in [0.25, 0.3) is 10.9 Å². The average Bonchev–Trinajstić information content (AvgIpc) is 3.28. The molecule has 146 valence electrons. The van der Waals surface area contributed by atoms with E-state index in [0.717, 1.165) is 5.56 Å². The Morgan fingerprint density at radius 3 is 2.69 bits per heavy atom. The Bertz CT molecular complexity index is 1160. The molecule has 0 aliphatic carbocycles. The second-order valence-corrected chi connectivity index (χ2v) is 7.12. The molecular weight excluding hydrogens is 375 g/mol. The molecule has 0 saturated carbocycles. The summed E-state index contributed by atoms with van der Waals surface area (Å²) in [5.41, 5.74) is 2.44. The van der Waals surface area contributed by atoms with Crippen LogP contribution < -0.4 is 10.2 Å². The summed E-state index contributed by atoms with van der Waals surface area (Å²) in [6.07, 6.45) is 1.54. The zero-order valence-corrected chi connectivity index (χ0v) is 15.4. The van der Waals surface area contributed by atoms with Crippen LogP contribution in [0.15, 0.2) is 42.6 Å². The largest absolute Gasteiger partial charge is 0.505 e. The smallest absolute Gasteiger partial charge is 0.322 e. The Morgan fingerprint density at radius 1 is 1.17 bits per heavy atom. The van der Waals surface area contributed by atoms with Gasteiger partial charge in [-0.15, -0.1) is 0 Å². The molecule has 5 rings (SSSR count). The Balaban J connectivity index is 1.64.